The fourth-order valence-electron chi connectivity index (χ4n) is 3.14. The van der Waals surface area contributed by atoms with Crippen molar-refractivity contribution < 1.29 is 8.42 Å². The molecule has 0 aliphatic heterocycles. The molecule has 7 heteroatoms. The van der Waals surface area contributed by atoms with E-state index in [1.54, 1.807) is 19.2 Å². The van der Waals surface area contributed by atoms with Gasteiger partial charge in [0.15, 0.2) is 5.96 Å². The molecule has 0 bridgehead atoms. The first-order valence-electron chi connectivity index (χ1n) is 8.55. The predicted molar refractivity (Wildman–Crippen MR) is 97.2 cm³/mol. The maximum absolute atomic E-state index is 11.4. The third-order valence-corrected chi connectivity index (χ3v) is 5.38. The molecule has 1 fully saturated rings. The van der Waals surface area contributed by atoms with Crippen molar-refractivity contribution >= 4 is 16.0 Å². The average molecular weight is 353 g/mol. The van der Waals surface area contributed by atoms with E-state index in [2.05, 4.69) is 15.6 Å². The second kappa shape index (κ2) is 9.03. The van der Waals surface area contributed by atoms with Crippen LogP contribution in [0.4, 0.5) is 0 Å². The Morgan fingerprint density at radius 3 is 2.71 bits per heavy atom. The number of primary sulfonamides is 1. The van der Waals surface area contributed by atoms with E-state index in [1.165, 1.54) is 38.2 Å². The van der Waals surface area contributed by atoms with Gasteiger partial charge in [0.2, 0.25) is 10.0 Å². The lowest BCUT2D eigenvalue weighted by atomic mass is 10.0. The van der Waals surface area contributed by atoms with Gasteiger partial charge in [0.25, 0.3) is 0 Å². The number of rotatable bonds is 7. The minimum absolute atomic E-state index is 0.126. The van der Waals surface area contributed by atoms with Gasteiger partial charge >= 0.3 is 0 Å². The zero-order valence-corrected chi connectivity index (χ0v) is 15.1. The van der Waals surface area contributed by atoms with Crippen molar-refractivity contribution in [3.05, 3.63) is 29.8 Å². The smallest absolute Gasteiger partial charge is 0.238 e. The highest BCUT2D eigenvalue weighted by molar-refractivity contribution is 7.89. The van der Waals surface area contributed by atoms with Crippen LogP contribution in [0.2, 0.25) is 0 Å². The maximum Gasteiger partial charge on any atom is 0.238 e. The molecule has 0 heterocycles. The Balaban J connectivity index is 1.75. The summed E-state index contributed by atoms with van der Waals surface area (Å²) in [6.45, 7) is 1.39. The number of nitrogens with two attached hydrogens (primary N) is 1. The van der Waals surface area contributed by atoms with Gasteiger partial charge in [-0.15, -0.1) is 0 Å². The molecule has 134 valence electrons. The molecule has 2 rings (SSSR count). The normalized spacial score (nSPS) is 16.3. The van der Waals surface area contributed by atoms with Gasteiger partial charge in [-0.2, -0.15) is 0 Å². The van der Waals surface area contributed by atoms with Gasteiger partial charge in [0.05, 0.1) is 4.90 Å². The zero-order valence-electron chi connectivity index (χ0n) is 14.3. The van der Waals surface area contributed by atoms with Crippen molar-refractivity contribution in [1.29, 1.82) is 0 Å². The second-order valence-corrected chi connectivity index (χ2v) is 7.90. The Morgan fingerprint density at radius 2 is 2.04 bits per heavy atom. The van der Waals surface area contributed by atoms with E-state index < -0.39 is 10.0 Å². The predicted octanol–water partition coefficient (Wildman–Crippen LogP) is 1.97. The van der Waals surface area contributed by atoms with Crippen LogP contribution in [0.25, 0.3) is 0 Å². The molecule has 0 spiro atoms. The number of benzene rings is 1. The molecule has 0 atom stereocenters. The van der Waals surface area contributed by atoms with Crippen molar-refractivity contribution in [3.63, 3.8) is 0 Å². The van der Waals surface area contributed by atoms with Gasteiger partial charge in [0.1, 0.15) is 0 Å². The largest absolute Gasteiger partial charge is 0.356 e. The van der Waals surface area contributed by atoms with E-state index in [1.807, 2.05) is 6.07 Å². The summed E-state index contributed by atoms with van der Waals surface area (Å²) in [4.78, 5) is 4.32. The molecule has 1 aliphatic carbocycles. The zero-order chi connectivity index (χ0) is 17.4. The fourth-order valence-corrected chi connectivity index (χ4v) is 3.72. The van der Waals surface area contributed by atoms with E-state index in [0.29, 0.717) is 6.54 Å². The maximum atomic E-state index is 11.4. The van der Waals surface area contributed by atoms with Crippen molar-refractivity contribution in [1.82, 2.24) is 10.6 Å². The summed E-state index contributed by atoms with van der Waals surface area (Å²) in [7, 11) is -1.94. The summed E-state index contributed by atoms with van der Waals surface area (Å²) in [5.74, 6) is 1.63. The molecule has 1 aliphatic rings. The highest BCUT2D eigenvalue weighted by Crippen LogP contribution is 2.28. The van der Waals surface area contributed by atoms with E-state index in [0.717, 1.165) is 30.4 Å². The molecule has 0 aromatic heterocycles. The lowest BCUT2D eigenvalue weighted by Crippen LogP contribution is -2.37. The molecule has 4 N–H and O–H groups in total. The topological polar surface area (TPSA) is 96.6 Å². The van der Waals surface area contributed by atoms with E-state index in [4.69, 9.17) is 5.14 Å². The minimum Gasteiger partial charge on any atom is -0.356 e. The second-order valence-electron chi connectivity index (χ2n) is 6.34. The fraction of sp³-hybridized carbons (Fsp3) is 0.588. The average Bonchev–Trinajstić information content (AvgIpc) is 3.07. The van der Waals surface area contributed by atoms with E-state index in [9.17, 15) is 8.42 Å². The summed E-state index contributed by atoms with van der Waals surface area (Å²) in [5.41, 5.74) is 0.843. The Kier molecular flexibility index (Phi) is 7.05. The van der Waals surface area contributed by atoms with Crippen molar-refractivity contribution in [3.8, 4) is 0 Å². The summed E-state index contributed by atoms with van der Waals surface area (Å²) < 4.78 is 22.8. The molecular weight excluding hydrogens is 324 g/mol. The number of hydrogen-bond donors (Lipinski definition) is 3. The van der Waals surface area contributed by atoms with Crippen LogP contribution in [0.5, 0.6) is 0 Å². The highest BCUT2D eigenvalue weighted by atomic mass is 32.2. The molecule has 0 saturated heterocycles. The van der Waals surface area contributed by atoms with Gasteiger partial charge in [-0.25, -0.2) is 13.6 Å². The number of aliphatic imine (C=N–C) groups is 1. The van der Waals surface area contributed by atoms with Crippen LogP contribution in [0, 0.1) is 5.92 Å². The molecule has 0 radical (unpaired) electrons. The van der Waals surface area contributed by atoms with Crippen LogP contribution in [0.3, 0.4) is 0 Å². The van der Waals surface area contributed by atoms with Crippen LogP contribution >= 0.6 is 0 Å². The first-order valence-corrected chi connectivity index (χ1v) is 10.1. The standard InChI is InChI=1S/C17H28N4O2S/c1-19-17(20-11-5-9-14-6-2-3-7-14)21-13-15-8-4-10-16(12-15)24(18,22)23/h4,8,10,12,14H,2-3,5-7,9,11,13H2,1H3,(H2,18,22,23)(H2,19,20,21). The van der Waals surface area contributed by atoms with Crippen LogP contribution in [-0.2, 0) is 16.6 Å². The highest BCUT2D eigenvalue weighted by Gasteiger charge is 2.14. The first-order chi connectivity index (χ1) is 11.5. The summed E-state index contributed by atoms with van der Waals surface area (Å²) in [6, 6.07) is 6.62. The van der Waals surface area contributed by atoms with E-state index >= 15 is 0 Å². The number of hydrogen-bond acceptors (Lipinski definition) is 3. The Labute approximate surface area is 145 Å². The number of nitrogens with zero attached hydrogens (tertiary/aromatic N) is 1. The summed E-state index contributed by atoms with van der Waals surface area (Å²) in [5, 5.41) is 11.7. The molecule has 1 aromatic carbocycles. The van der Waals surface area contributed by atoms with Gasteiger partial charge < -0.3 is 10.6 Å². The van der Waals surface area contributed by atoms with Crippen molar-refractivity contribution in [2.45, 2.75) is 50.0 Å². The SMILES string of the molecule is CN=C(NCCCC1CCCC1)NCc1cccc(S(N)(=O)=O)c1. The monoisotopic (exact) mass is 352 g/mol. The van der Waals surface area contributed by atoms with Gasteiger partial charge in [-0.1, -0.05) is 37.8 Å². The van der Waals surface area contributed by atoms with Gasteiger partial charge in [0, 0.05) is 20.1 Å². The Morgan fingerprint density at radius 1 is 1.29 bits per heavy atom. The quantitative estimate of drug-likeness (QED) is 0.397. The Bertz CT molecular complexity index is 652. The molecule has 0 amide bonds. The number of guanidine groups is 1. The lowest BCUT2D eigenvalue weighted by molar-refractivity contribution is 0.481. The molecular formula is C17H28N4O2S. The summed E-state index contributed by atoms with van der Waals surface area (Å²) in [6.07, 6.45) is 7.96. The molecule has 24 heavy (non-hydrogen) atoms. The molecule has 1 aromatic rings. The number of nitrogens with one attached hydrogen (secondary N) is 2. The number of sulfonamides is 1. The van der Waals surface area contributed by atoms with Crippen molar-refractivity contribution in [2.24, 2.45) is 16.0 Å². The van der Waals surface area contributed by atoms with Crippen LogP contribution in [0.15, 0.2) is 34.2 Å². The minimum atomic E-state index is -3.67. The Hall–Kier alpha value is -1.60. The molecule has 0 unspecified atom stereocenters. The lowest BCUT2D eigenvalue weighted by Gasteiger charge is -2.13. The van der Waals surface area contributed by atoms with Gasteiger partial charge in [-0.05, 0) is 36.5 Å². The third-order valence-electron chi connectivity index (χ3n) is 4.47. The van der Waals surface area contributed by atoms with Crippen LogP contribution in [-0.4, -0.2) is 28.0 Å². The molecule has 6 nitrogen and oxygen atoms in total. The van der Waals surface area contributed by atoms with E-state index in [-0.39, 0.29) is 4.90 Å². The summed E-state index contributed by atoms with van der Waals surface area (Å²) >= 11 is 0. The first kappa shape index (κ1) is 18.7. The van der Waals surface area contributed by atoms with Gasteiger partial charge in [-0.3, -0.25) is 4.99 Å². The van der Waals surface area contributed by atoms with Crippen LogP contribution in [0.1, 0.15) is 44.1 Å². The van der Waals surface area contributed by atoms with Crippen molar-refractivity contribution in [2.75, 3.05) is 13.6 Å². The third kappa shape index (κ3) is 6.13. The molecule has 1 saturated carbocycles. The van der Waals surface area contributed by atoms with Crippen LogP contribution < -0.4 is 15.8 Å².